The number of aliphatic hydroxyl groups excluding tert-OH is 1. The largest absolute Gasteiger partial charge is 0.465 e. The molecule has 0 bridgehead atoms. The van der Waals surface area contributed by atoms with E-state index in [1.807, 2.05) is 0 Å². The molecule has 35 heavy (non-hydrogen) atoms. The number of aromatic nitrogens is 2. The van der Waals surface area contributed by atoms with Gasteiger partial charge in [0, 0.05) is 50.4 Å². The Bertz CT molecular complexity index is 959. The van der Waals surface area contributed by atoms with Crippen LogP contribution in [0.15, 0.2) is 0 Å². The molecule has 3 N–H and O–H groups in total. The SMILES string of the molecule is CC(C)c1nc2c(c(C(F)(F)F)n1)CCN(C(O)C[C@@H](CN1CC(F)(F)CCC1=O)NC(=O)O)C2. The predicted molar refractivity (Wildman–Crippen MR) is 112 cm³/mol. The Morgan fingerprint density at radius 1 is 1.23 bits per heavy atom. The third kappa shape index (κ3) is 6.75. The van der Waals surface area contributed by atoms with Gasteiger partial charge in [0.05, 0.1) is 18.3 Å². The van der Waals surface area contributed by atoms with Crippen LogP contribution in [0.3, 0.4) is 0 Å². The smallest absolute Gasteiger partial charge is 0.433 e. The monoisotopic (exact) mass is 509 g/mol. The van der Waals surface area contributed by atoms with E-state index in [0.717, 1.165) is 4.90 Å². The first-order valence-corrected chi connectivity index (χ1v) is 11.2. The summed E-state index contributed by atoms with van der Waals surface area (Å²) >= 11 is 0. The fraction of sp³-hybridized carbons (Fsp3) is 0.714. The van der Waals surface area contributed by atoms with Crippen LogP contribution in [0.4, 0.5) is 26.7 Å². The third-order valence-corrected chi connectivity index (χ3v) is 6.06. The number of carboxylic acid groups (broad SMARTS) is 1. The fourth-order valence-electron chi connectivity index (χ4n) is 4.30. The van der Waals surface area contributed by atoms with Gasteiger partial charge in [-0.05, 0) is 6.42 Å². The zero-order chi connectivity index (χ0) is 26.1. The van der Waals surface area contributed by atoms with Gasteiger partial charge in [0.2, 0.25) is 5.91 Å². The number of alkyl halides is 5. The van der Waals surface area contributed by atoms with Gasteiger partial charge in [-0.2, -0.15) is 13.2 Å². The molecule has 1 saturated heterocycles. The highest BCUT2D eigenvalue weighted by atomic mass is 19.4. The van der Waals surface area contributed by atoms with E-state index in [2.05, 4.69) is 15.3 Å². The second-order valence-electron chi connectivity index (χ2n) is 9.22. The Morgan fingerprint density at radius 3 is 2.51 bits per heavy atom. The van der Waals surface area contributed by atoms with Crippen molar-refractivity contribution < 1.29 is 41.8 Å². The molecule has 0 aromatic carbocycles. The van der Waals surface area contributed by atoms with Crippen LogP contribution in [0.25, 0.3) is 0 Å². The van der Waals surface area contributed by atoms with Crippen molar-refractivity contribution in [2.75, 3.05) is 19.6 Å². The van der Waals surface area contributed by atoms with Gasteiger partial charge < -0.3 is 20.4 Å². The van der Waals surface area contributed by atoms with Gasteiger partial charge in [0.1, 0.15) is 12.1 Å². The predicted octanol–water partition coefficient (Wildman–Crippen LogP) is 2.58. The molecule has 2 aliphatic rings. The van der Waals surface area contributed by atoms with Crippen molar-refractivity contribution in [2.24, 2.45) is 0 Å². The molecule has 196 valence electrons. The lowest BCUT2D eigenvalue weighted by Crippen LogP contribution is -2.54. The summed E-state index contributed by atoms with van der Waals surface area (Å²) in [7, 11) is 0. The summed E-state index contributed by atoms with van der Waals surface area (Å²) in [6.45, 7) is 1.96. The van der Waals surface area contributed by atoms with Crippen molar-refractivity contribution in [3.05, 3.63) is 22.8 Å². The highest BCUT2D eigenvalue weighted by Crippen LogP contribution is 2.35. The lowest BCUT2D eigenvalue weighted by molar-refractivity contribution is -0.148. The Labute approximate surface area is 198 Å². The molecule has 1 aromatic rings. The summed E-state index contributed by atoms with van der Waals surface area (Å²) in [5.41, 5.74) is -0.933. The van der Waals surface area contributed by atoms with Crippen molar-refractivity contribution in [3.8, 4) is 0 Å². The van der Waals surface area contributed by atoms with Crippen LogP contribution < -0.4 is 5.32 Å². The van der Waals surface area contributed by atoms with E-state index in [1.54, 1.807) is 13.8 Å². The molecular weight excluding hydrogens is 481 g/mol. The number of piperidine rings is 1. The molecular formula is C21H28F5N5O4. The Hall–Kier alpha value is -2.61. The Morgan fingerprint density at radius 2 is 1.91 bits per heavy atom. The second-order valence-corrected chi connectivity index (χ2v) is 9.22. The summed E-state index contributed by atoms with van der Waals surface area (Å²) in [6.07, 6.45) is -8.79. The molecule has 0 radical (unpaired) electrons. The number of rotatable bonds is 7. The Balaban J connectivity index is 1.76. The highest BCUT2D eigenvalue weighted by molar-refractivity contribution is 5.77. The minimum atomic E-state index is -4.67. The first-order valence-electron chi connectivity index (χ1n) is 11.2. The maximum Gasteiger partial charge on any atom is 0.433 e. The minimum Gasteiger partial charge on any atom is -0.465 e. The van der Waals surface area contributed by atoms with Gasteiger partial charge in [0.25, 0.3) is 5.92 Å². The van der Waals surface area contributed by atoms with Crippen molar-refractivity contribution in [2.45, 2.75) is 76.4 Å². The summed E-state index contributed by atoms with van der Waals surface area (Å²) in [5.74, 6) is -4.00. The minimum absolute atomic E-state index is 0.0160. The van der Waals surface area contributed by atoms with Crippen LogP contribution in [-0.2, 0) is 23.9 Å². The molecule has 1 fully saturated rings. The molecule has 0 saturated carbocycles. The topological polar surface area (TPSA) is 119 Å². The molecule has 0 aliphatic carbocycles. The average molecular weight is 509 g/mol. The number of nitrogens with zero attached hydrogens (tertiary/aromatic N) is 4. The maximum absolute atomic E-state index is 13.8. The van der Waals surface area contributed by atoms with E-state index in [1.165, 1.54) is 4.90 Å². The van der Waals surface area contributed by atoms with Gasteiger partial charge in [-0.3, -0.25) is 9.69 Å². The molecule has 2 amide bonds. The van der Waals surface area contributed by atoms with E-state index in [-0.39, 0.29) is 61.9 Å². The lowest BCUT2D eigenvalue weighted by atomic mass is 10.00. The summed E-state index contributed by atoms with van der Waals surface area (Å²) in [5, 5.41) is 22.0. The first-order chi connectivity index (χ1) is 16.2. The van der Waals surface area contributed by atoms with Crippen molar-refractivity contribution in [1.29, 1.82) is 0 Å². The van der Waals surface area contributed by atoms with Crippen molar-refractivity contribution >= 4 is 12.0 Å². The number of carbonyl (C=O) groups is 2. The zero-order valence-corrected chi connectivity index (χ0v) is 19.3. The van der Waals surface area contributed by atoms with Crippen LogP contribution in [0.1, 0.15) is 61.8 Å². The lowest BCUT2D eigenvalue weighted by Gasteiger charge is -2.37. The molecule has 1 aromatic heterocycles. The molecule has 0 spiro atoms. The third-order valence-electron chi connectivity index (χ3n) is 6.06. The van der Waals surface area contributed by atoms with Crippen molar-refractivity contribution in [1.82, 2.24) is 25.1 Å². The normalized spacial score (nSPS) is 20.5. The Kier molecular flexibility index (Phi) is 7.84. The van der Waals surface area contributed by atoms with E-state index >= 15 is 0 Å². The molecule has 2 aliphatic heterocycles. The standard InChI is InChI=1S/C21H28F5N5O4/c1-11(2)18-28-14-9-30(6-4-13(14)17(29-18)21(24,25)26)16(33)7-12(27-19(34)35)8-31-10-20(22,23)5-3-15(31)32/h11-12,16,27,33H,3-10H2,1-2H3,(H,34,35)/t12-,16?/m0/s1. The van der Waals surface area contributed by atoms with Gasteiger partial charge in [-0.25, -0.2) is 23.5 Å². The number of halogens is 5. The van der Waals surface area contributed by atoms with E-state index in [4.69, 9.17) is 5.11 Å². The van der Waals surface area contributed by atoms with Gasteiger partial charge in [-0.15, -0.1) is 0 Å². The van der Waals surface area contributed by atoms with Gasteiger partial charge in [0.15, 0.2) is 5.69 Å². The van der Waals surface area contributed by atoms with Gasteiger partial charge >= 0.3 is 12.3 Å². The van der Waals surface area contributed by atoms with Crippen LogP contribution in [0.2, 0.25) is 0 Å². The van der Waals surface area contributed by atoms with Crippen LogP contribution >= 0.6 is 0 Å². The molecule has 2 atom stereocenters. The fourth-order valence-corrected chi connectivity index (χ4v) is 4.30. The van der Waals surface area contributed by atoms with E-state index < -0.39 is 55.0 Å². The number of nitrogens with one attached hydrogen (secondary N) is 1. The summed E-state index contributed by atoms with van der Waals surface area (Å²) < 4.78 is 68.2. The number of hydrogen-bond acceptors (Lipinski definition) is 6. The number of likely N-dealkylation sites (tertiary alicyclic amines) is 1. The number of aliphatic hydroxyl groups is 1. The average Bonchev–Trinajstić information content (AvgIpc) is 2.73. The summed E-state index contributed by atoms with van der Waals surface area (Å²) in [6, 6.07) is -1.08. The number of carbonyl (C=O) groups excluding carboxylic acids is 1. The highest BCUT2D eigenvalue weighted by Gasteiger charge is 2.41. The molecule has 14 heteroatoms. The van der Waals surface area contributed by atoms with Crippen LogP contribution in [0, 0.1) is 0 Å². The number of fused-ring (bicyclic) bond motifs is 1. The second kappa shape index (κ2) is 10.2. The van der Waals surface area contributed by atoms with E-state index in [0.29, 0.717) is 0 Å². The van der Waals surface area contributed by atoms with Gasteiger partial charge in [-0.1, -0.05) is 13.8 Å². The summed E-state index contributed by atoms with van der Waals surface area (Å²) in [4.78, 5) is 33.6. The molecule has 1 unspecified atom stereocenters. The first kappa shape index (κ1) is 27.0. The van der Waals surface area contributed by atoms with E-state index in [9.17, 15) is 36.6 Å². The van der Waals surface area contributed by atoms with Crippen molar-refractivity contribution in [3.63, 3.8) is 0 Å². The number of hydrogen-bond donors (Lipinski definition) is 3. The molecule has 3 rings (SSSR count). The quantitative estimate of drug-likeness (QED) is 0.484. The molecule has 3 heterocycles. The van der Waals surface area contributed by atoms with Crippen LogP contribution in [-0.4, -0.2) is 79.8 Å². The molecule has 9 nitrogen and oxygen atoms in total. The zero-order valence-electron chi connectivity index (χ0n) is 19.3. The maximum atomic E-state index is 13.8. The number of amides is 2. The van der Waals surface area contributed by atoms with Crippen LogP contribution in [0.5, 0.6) is 0 Å².